The predicted octanol–water partition coefficient (Wildman–Crippen LogP) is 4.77. The molecular formula is C25H20N4O7S. The fourth-order valence-electron chi connectivity index (χ4n) is 3.42. The van der Waals surface area contributed by atoms with Crippen LogP contribution >= 0.6 is 11.8 Å². The van der Waals surface area contributed by atoms with E-state index in [0.717, 1.165) is 10.5 Å². The summed E-state index contributed by atoms with van der Waals surface area (Å²) < 4.78 is 10.9. The molecule has 0 aliphatic carbocycles. The zero-order valence-electron chi connectivity index (χ0n) is 19.7. The van der Waals surface area contributed by atoms with E-state index in [1.807, 2.05) is 13.0 Å². The number of aromatic nitrogens is 1. The Balaban J connectivity index is 1.49. The summed E-state index contributed by atoms with van der Waals surface area (Å²) in [7, 11) is 1.39. The Bertz CT molecular complexity index is 1440. The van der Waals surface area contributed by atoms with Gasteiger partial charge in [-0.05, 0) is 66.2 Å². The van der Waals surface area contributed by atoms with Crippen molar-refractivity contribution in [1.82, 2.24) is 9.88 Å². The summed E-state index contributed by atoms with van der Waals surface area (Å²) in [6.45, 7) is 1.46. The number of carbonyl (C=O) groups excluding carboxylic acids is 3. The monoisotopic (exact) mass is 520 g/mol. The molecule has 3 aromatic rings. The number of nitrogens with one attached hydrogen (secondary N) is 1. The normalized spacial score (nSPS) is 14.1. The molecule has 0 bridgehead atoms. The SMILES string of the molecule is COc1cc(/C=C2\SC(=O)N(CC(=O)Nc3cccc(C)c3)C2=O)ccc1Oc1ncccc1[N+](=O)[O-]. The van der Waals surface area contributed by atoms with Gasteiger partial charge in [-0.2, -0.15) is 0 Å². The number of nitrogens with zero attached hydrogens (tertiary/aromatic N) is 3. The first kappa shape index (κ1) is 25.4. The molecule has 11 nitrogen and oxygen atoms in total. The van der Waals surface area contributed by atoms with Crippen molar-refractivity contribution in [2.75, 3.05) is 19.0 Å². The van der Waals surface area contributed by atoms with Crippen LogP contribution in [0.2, 0.25) is 0 Å². The highest BCUT2D eigenvalue weighted by atomic mass is 32.2. The minimum atomic E-state index is -0.611. The molecule has 3 amide bonds. The van der Waals surface area contributed by atoms with Gasteiger partial charge in [0.2, 0.25) is 5.91 Å². The van der Waals surface area contributed by atoms with Crippen LogP contribution in [0, 0.1) is 17.0 Å². The van der Waals surface area contributed by atoms with Gasteiger partial charge in [-0.25, -0.2) is 4.98 Å². The zero-order chi connectivity index (χ0) is 26.5. The Hall–Kier alpha value is -4.71. The average molecular weight is 521 g/mol. The molecule has 1 aliphatic heterocycles. The standard InChI is InChI=1S/C25H20N4O7S/c1-15-5-3-6-17(11-15)27-22(30)14-28-24(31)21(37-25(28)32)13-16-8-9-19(20(12-16)35-2)36-23-18(29(33)34)7-4-10-26-23/h3-13H,14H2,1-2H3,(H,27,30)/b21-13-. The van der Waals surface area contributed by atoms with Crippen LogP contribution in [0.1, 0.15) is 11.1 Å². The molecule has 0 spiro atoms. The van der Waals surface area contributed by atoms with Crippen LogP contribution in [-0.2, 0) is 9.59 Å². The van der Waals surface area contributed by atoms with Crippen molar-refractivity contribution >= 4 is 46.3 Å². The number of imide groups is 1. The lowest BCUT2D eigenvalue weighted by Crippen LogP contribution is -2.36. The van der Waals surface area contributed by atoms with Crippen molar-refractivity contribution in [1.29, 1.82) is 0 Å². The van der Waals surface area contributed by atoms with E-state index in [4.69, 9.17) is 9.47 Å². The van der Waals surface area contributed by atoms with Crippen molar-refractivity contribution in [2.24, 2.45) is 0 Å². The number of ether oxygens (including phenoxy) is 2. The summed E-state index contributed by atoms with van der Waals surface area (Å²) in [6, 6.07) is 14.5. The molecule has 1 aromatic heterocycles. The van der Waals surface area contributed by atoms with E-state index in [1.54, 1.807) is 30.3 Å². The van der Waals surface area contributed by atoms with Gasteiger partial charge in [0.15, 0.2) is 11.5 Å². The number of amides is 3. The number of pyridine rings is 1. The maximum Gasteiger partial charge on any atom is 0.331 e. The second-order valence-electron chi connectivity index (χ2n) is 7.78. The van der Waals surface area contributed by atoms with Gasteiger partial charge in [-0.15, -0.1) is 0 Å². The quantitative estimate of drug-likeness (QED) is 0.252. The van der Waals surface area contributed by atoms with E-state index < -0.39 is 28.5 Å². The third-order valence-corrected chi connectivity index (χ3v) is 6.02. The van der Waals surface area contributed by atoms with Crippen LogP contribution < -0.4 is 14.8 Å². The summed E-state index contributed by atoms with van der Waals surface area (Å²) in [5, 5.41) is 13.3. The van der Waals surface area contributed by atoms with E-state index in [9.17, 15) is 24.5 Å². The molecule has 1 fully saturated rings. The molecule has 37 heavy (non-hydrogen) atoms. The lowest BCUT2D eigenvalue weighted by molar-refractivity contribution is -0.386. The average Bonchev–Trinajstić information content (AvgIpc) is 3.12. The molecule has 2 aromatic carbocycles. The Labute approximate surface area is 215 Å². The molecule has 2 heterocycles. The molecule has 0 atom stereocenters. The molecular weight excluding hydrogens is 500 g/mol. The number of rotatable bonds is 8. The largest absolute Gasteiger partial charge is 0.493 e. The summed E-state index contributed by atoms with van der Waals surface area (Å²) in [5.74, 6) is -0.907. The topological polar surface area (TPSA) is 141 Å². The summed E-state index contributed by atoms with van der Waals surface area (Å²) in [4.78, 5) is 53.2. The first-order valence-corrected chi connectivity index (χ1v) is 11.6. The number of anilines is 1. The molecule has 12 heteroatoms. The highest BCUT2D eigenvalue weighted by Crippen LogP contribution is 2.37. The number of thioether (sulfide) groups is 1. The van der Waals surface area contributed by atoms with Crippen molar-refractivity contribution in [3.05, 3.63) is 86.9 Å². The van der Waals surface area contributed by atoms with Crippen molar-refractivity contribution in [2.45, 2.75) is 6.92 Å². The fraction of sp³-hybridized carbons (Fsp3) is 0.120. The first-order valence-electron chi connectivity index (χ1n) is 10.8. The maximum absolute atomic E-state index is 12.8. The van der Waals surface area contributed by atoms with E-state index in [2.05, 4.69) is 10.3 Å². The number of aryl methyl sites for hydroxylation is 1. The summed E-state index contributed by atoms with van der Waals surface area (Å²) in [6.07, 6.45) is 2.85. The molecule has 1 aliphatic rings. The molecule has 0 unspecified atom stereocenters. The van der Waals surface area contributed by atoms with Gasteiger partial charge in [-0.1, -0.05) is 18.2 Å². The molecule has 4 rings (SSSR count). The maximum atomic E-state index is 12.8. The summed E-state index contributed by atoms with van der Waals surface area (Å²) in [5.41, 5.74) is 1.72. The fourth-order valence-corrected chi connectivity index (χ4v) is 4.26. The van der Waals surface area contributed by atoms with Gasteiger partial charge < -0.3 is 14.8 Å². The molecule has 0 radical (unpaired) electrons. The van der Waals surface area contributed by atoms with Crippen LogP contribution in [-0.4, -0.2) is 45.5 Å². The highest BCUT2D eigenvalue weighted by molar-refractivity contribution is 8.18. The number of methoxy groups -OCH3 is 1. The van der Waals surface area contributed by atoms with Crippen LogP contribution in [0.4, 0.5) is 16.2 Å². The van der Waals surface area contributed by atoms with Gasteiger partial charge in [0, 0.05) is 18.0 Å². The third kappa shape index (κ3) is 5.93. The van der Waals surface area contributed by atoms with Gasteiger partial charge in [0.25, 0.3) is 17.0 Å². The van der Waals surface area contributed by atoms with Gasteiger partial charge in [0.1, 0.15) is 6.54 Å². The second kappa shape index (κ2) is 10.9. The number of hydrogen-bond acceptors (Lipinski definition) is 9. The first-order chi connectivity index (χ1) is 17.7. The number of benzene rings is 2. The summed E-state index contributed by atoms with van der Waals surface area (Å²) >= 11 is 0.714. The number of nitro groups is 1. The van der Waals surface area contributed by atoms with E-state index >= 15 is 0 Å². The third-order valence-electron chi connectivity index (χ3n) is 5.12. The lowest BCUT2D eigenvalue weighted by Gasteiger charge is -2.12. The number of hydrogen-bond donors (Lipinski definition) is 1. The van der Waals surface area contributed by atoms with Crippen LogP contribution in [0.15, 0.2) is 65.7 Å². The molecule has 1 saturated heterocycles. The minimum Gasteiger partial charge on any atom is -0.493 e. The Morgan fingerprint density at radius 1 is 1.16 bits per heavy atom. The van der Waals surface area contributed by atoms with Gasteiger partial charge >= 0.3 is 5.69 Å². The Morgan fingerprint density at radius 3 is 2.70 bits per heavy atom. The van der Waals surface area contributed by atoms with Crippen LogP contribution in [0.25, 0.3) is 6.08 Å². The van der Waals surface area contributed by atoms with Crippen molar-refractivity contribution < 1.29 is 28.8 Å². The minimum absolute atomic E-state index is 0.129. The van der Waals surface area contributed by atoms with Crippen molar-refractivity contribution in [3.8, 4) is 17.4 Å². The van der Waals surface area contributed by atoms with E-state index in [0.29, 0.717) is 23.0 Å². The predicted molar refractivity (Wildman–Crippen MR) is 136 cm³/mol. The Kier molecular flexibility index (Phi) is 7.49. The van der Waals surface area contributed by atoms with Crippen LogP contribution in [0.5, 0.6) is 17.4 Å². The number of carbonyl (C=O) groups is 3. The molecule has 188 valence electrons. The Morgan fingerprint density at radius 2 is 1.97 bits per heavy atom. The second-order valence-corrected chi connectivity index (χ2v) is 8.78. The van der Waals surface area contributed by atoms with E-state index in [1.165, 1.54) is 37.6 Å². The molecule has 0 saturated carbocycles. The lowest BCUT2D eigenvalue weighted by atomic mass is 10.2. The van der Waals surface area contributed by atoms with Crippen molar-refractivity contribution in [3.63, 3.8) is 0 Å². The van der Waals surface area contributed by atoms with Gasteiger partial charge in [0.05, 0.1) is 16.9 Å². The zero-order valence-corrected chi connectivity index (χ0v) is 20.5. The smallest absolute Gasteiger partial charge is 0.331 e. The highest BCUT2D eigenvalue weighted by Gasteiger charge is 2.36. The van der Waals surface area contributed by atoms with Crippen LogP contribution in [0.3, 0.4) is 0 Å². The van der Waals surface area contributed by atoms with Gasteiger partial charge in [-0.3, -0.25) is 29.4 Å². The van der Waals surface area contributed by atoms with E-state index in [-0.39, 0.29) is 28.0 Å². The molecule has 1 N–H and O–H groups in total.